The van der Waals surface area contributed by atoms with Crippen molar-refractivity contribution < 1.29 is 13.9 Å². The number of rotatable bonds is 4. The van der Waals surface area contributed by atoms with Crippen LogP contribution in [-0.2, 0) is 17.8 Å². The van der Waals surface area contributed by atoms with Crippen molar-refractivity contribution in [3.8, 4) is 0 Å². The second-order valence-corrected chi connectivity index (χ2v) is 5.52. The molecule has 0 N–H and O–H groups in total. The molecule has 22 heavy (non-hydrogen) atoms. The summed E-state index contributed by atoms with van der Waals surface area (Å²) in [5.74, 6) is 0.513. The number of esters is 1. The van der Waals surface area contributed by atoms with Crippen LogP contribution in [0, 0.1) is 34.6 Å². The average Bonchev–Trinajstić information content (AvgIpc) is 2.97. The molecule has 0 saturated carbocycles. The molecule has 0 aliphatic rings. The van der Waals surface area contributed by atoms with Gasteiger partial charge in [-0.3, -0.25) is 0 Å². The molecule has 0 bridgehead atoms. The summed E-state index contributed by atoms with van der Waals surface area (Å²) in [6.07, 6.45) is 0.662. The van der Waals surface area contributed by atoms with Crippen molar-refractivity contribution in [2.45, 2.75) is 54.6 Å². The zero-order chi connectivity index (χ0) is 16.4. The molecule has 0 amide bonds. The third-order valence-corrected chi connectivity index (χ3v) is 4.34. The Morgan fingerprint density at radius 1 is 0.909 bits per heavy atom. The van der Waals surface area contributed by atoms with E-state index in [1.807, 2.05) is 34.6 Å². The highest BCUT2D eigenvalue weighted by Gasteiger charge is 2.20. The molecule has 0 atom stereocenters. The van der Waals surface area contributed by atoms with E-state index < -0.39 is 0 Å². The summed E-state index contributed by atoms with van der Waals surface area (Å²) in [4.78, 5) is 12.4. The fourth-order valence-electron chi connectivity index (χ4n) is 2.50. The van der Waals surface area contributed by atoms with Crippen molar-refractivity contribution in [1.29, 1.82) is 0 Å². The summed E-state index contributed by atoms with van der Waals surface area (Å²) >= 11 is 0. The van der Waals surface area contributed by atoms with E-state index in [1.165, 1.54) is 5.56 Å². The predicted octanol–water partition coefficient (Wildman–Crippen LogP) is 3.53. The normalized spacial score (nSPS) is 10.8. The lowest BCUT2D eigenvalue weighted by Crippen LogP contribution is -2.12. The fraction of sp³-hybridized carbons (Fsp3) is 0.471. The molecular formula is C17H22N2O3. The monoisotopic (exact) mass is 302 g/mol. The standard InChI is InChI=1S/C17H22N2O3/c1-7-14-18-19-15(22-14)8-21-17(20)16-12(5)10(3)9(2)11(4)13(16)6/h7-8H2,1-6H3. The van der Waals surface area contributed by atoms with E-state index in [0.29, 0.717) is 23.8 Å². The Morgan fingerprint density at radius 2 is 1.41 bits per heavy atom. The van der Waals surface area contributed by atoms with Gasteiger partial charge < -0.3 is 9.15 Å². The molecule has 0 aliphatic carbocycles. The van der Waals surface area contributed by atoms with Crippen LogP contribution in [0.5, 0.6) is 0 Å². The van der Waals surface area contributed by atoms with Crippen LogP contribution < -0.4 is 0 Å². The number of ether oxygens (including phenoxy) is 1. The van der Waals surface area contributed by atoms with Crippen LogP contribution in [0.2, 0.25) is 0 Å². The molecule has 1 aromatic carbocycles. The Labute approximate surface area is 130 Å². The Hall–Kier alpha value is -2.17. The number of carbonyl (C=O) groups excluding carboxylic acids is 1. The number of aromatic nitrogens is 2. The number of hydrogen-bond acceptors (Lipinski definition) is 5. The Balaban J connectivity index is 2.23. The van der Waals surface area contributed by atoms with Crippen molar-refractivity contribution in [2.24, 2.45) is 0 Å². The van der Waals surface area contributed by atoms with Crippen molar-refractivity contribution in [3.05, 3.63) is 45.2 Å². The molecule has 118 valence electrons. The maximum absolute atomic E-state index is 12.4. The van der Waals surface area contributed by atoms with Crippen LogP contribution in [0.3, 0.4) is 0 Å². The lowest BCUT2D eigenvalue weighted by atomic mass is 9.90. The van der Waals surface area contributed by atoms with Gasteiger partial charge in [-0.15, -0.1) is 10.2 Å². The third-order valence-electron chi connectivity index (χ3n) is 4.34. The number of benzene rings is 1. The van der Waals surface area contributed by atoms with Gasteiger partial charge in [-0.2, -0.15) is 0 Å². The summed E-state index contributed by atoms with van der Waals surface area (Å²) in [6, 6.07) is 0. The van der Waals surface area contributed by atoms with E-state index in [0.717, 1.165) is 22.3 Å². The summed E-state index contributed by atoms with van der Waals surface area (Å²) in [5.41, 5.74) is 6.03. The molecule has 0 spiro atoms. The van der Waals surface area contributed by atoms with E-state index in [-0.39, 0.29) is 12.6 Å². The lowest BCUT2D eigenvalue weighted by molar-refractivity contribution is 0.0434. The summed E-state index contributed by atoms with van der Waals surface area (Å²) in [5, 5.41) is 7.71. The Kier molecular flexibility index (Phi) is 4.64. The van der Waals surface area contributed by atoms with Crippen LogP contribution in [-0.4, -0.2) is 16.2 Å². The van der Waals surface area contributed by atoms with Crippen LogP contribution in [0.25, 0.3) is 0 Å². The van der Waals surface area contributed by atoms with E-state index in [9.17, 15) is 4.79 Å². The van der Waals surface area contributed by atoms with Gasteiger partial charge in [0.25, 0.3) is 5.89 Å². The molecule has 1 aromatic heterocycles. The Morgan fingerprint density at radius 3 is 1.91 bits per heavy atom. The zero-order valence-corrected chi connectivity index (χ0v) is 14.0. The maximum Gasteiger partial charge on any atom is 0.339 e. The topological polar surface area (TPSA) is 65.2 Å². The zero-order valence-electron chi connectivity index (χ0n) is 14.0. The second-order valence-electron chi connectivity index (χ2n) is 5.52. The van der Waals surface area contributed by atoms with Crippen LogP contribution in [0.4, 0.5) is 0 Å². The van der Waals surface area contributed by atoms with E-state index in [1.54, 1.807) is 0 Å². The molecule has 0 fully saturated rings. The molecule has 2 rings (SSSR count). The van der Waals surface area contributed by atoms with Crippen molar-refractivity contribution in [3.63, 3.8) is 0 Å². The first-order valence-corrected chi connectivity index (χ1v) is 7.42. The minimum absolute atomic E-state index is 0.00329. The van der Waals surface area contributed by atoms with E-state index >= 15 is 0 Å². The van der Waals surface area contributed by atoms with Gasteiger partial charge in [0.2, 0.25) is 5.89 Å². The van der Waals surface area contributed by atoms with E-state index in [2.05, 4.69) is 17.1 Å². The highest BCUT2D eigenvalue weighted by atomic mass is 16.5. The van der Waals surface area contributed by atoms with Crippen LogP contribution in [0.15, 0.2) is 4.42 Å². The first kappa shape index (κ1) is 16.2. The molecule has 0 aliphatic heterocycles. The summed E-state index contributed by atoms with van der Waals surface area (Å²) < 4.78 is 10.7. The van der Waals surface area contributed by atoms with Gasteiger partial charge in [0.1, 0.15) is 0 Å². The molecule has 2 aromatic rings. The quantitative estimate of drug-likeness (QED) is 0.808. The second kappa shape index (κ2) is 6.30. The summed E-state index contributed by atoms with van der Waals surface area (Å²) in [7, 11) is 0. The van der Waals surface area contributed by atoms with Gasteiger partial charge in [-0.1, -0.05) is 6.92 Å². The smallest absolute Gasteiger partial charge is 0.339 e. The largest absolute Gasteiger partial charge is 0.452 e. The summed E-state index contributed by atoms with van der Waals surface area (Å²) in [6.45, 7) is 12.0. The first-order chi connectivity index (χ1) is 10.4. The number of aryl methyl sites for hydroxylation is 1. The average molecular weight is 302 g/mol. The van der Waals surface area contributed by atoms with Crippen LogP contribution >= 0.6 is 0 Å². The molecule has 5 heteroatoms. The molecular weight excluding hydrogens is 280 g/mol. The van der Waals surface area contributed by atoms with Gasteiger partial charge in [0.15, 0.2) is 6.61 Å². The maximum atomic E-state index is 12.4. The molecule has 5 nitrogen and oxygen atoms in total. The van der Waals surface area contributed by atoms with E-state index in [4.69, 9.17) is 9.15 Å². The molecule has 0 unspecified atom stereocenters. The predicted molar refractivity (Wildman–Crippen MR) is 82.9 cm³/mol. The van der Waals surface area contributed by atoms with Gasteiger partial charge in [0.05, 0.1) is 5.56 Å². The highest BCUT2D eigenvalue weighted by molar-refractivity contribution is 5.93. The molecule has 0 saturated heterocycles. The van der Waals surface area contributed by atoms with Crippen LogP contribution in [0.1, 0.15) is 56.9 Å². The minimum Gasteiger partial charge on any atom is -0.452 e. The first-order valence-electron chi connectivity index (χ1n) is 7.42. The highest BCUT2D eigenvalue weighted by Crippen LogP contribution is 2.26. The fourth-order valence-corrected chi connectivity index (χ4v) is 2.50. The van der Waals surface area contributed by atoms with Gasteiger partial charge in [0, 0.05) is 6.42 Å². The SMILES string of the molecule is CCc1nnc(COC(=O)c2c(C)c(C)c(C)c(C)c2C)o1. The molecule has 1 heterocycles. The number of carbonyl (C=O) groups is 1. The third kappa shape index (κ3) is 2.89. The van der Waals surface area contributed by atoms with Crippen molar-refractivity contribution in [2.75, 3.05) is 0 Å². The molecule has 0 radical (unpaired) electrons. The van der Waals surface area contributed by atoms with Gasteiger partial charge in [-0.05, 0) is 62.4 Å². The number of nitrogens with zero attached hydrogens (tertiary/aromatic N) is 2. The van der Waals surface area contributed by atoms with Crippen molar-refractivity contribution in [1.82, 2.24) is 10.2 Å². The minimum atomic E-state index is -0.350. The number of hydrogen-bond donors (Lipinski definition) is 0. The van der Waals surface area contributed by atoms with Gasteiger partial charge in [-0.25, -0.2) is 4.79 Å². The van der Waals surface area contributed by atoms with Gasteiger partial charge >= 0.3 is 5.97 Å². The Bertz CT molecular complexity index is 688. The van der Waals surface area contributed by atoms with Crippen molar-refractivity contribution >= 4 is 5.97 Å². The lowest BCUT2D eigenvalue weighted by Gasteiger charge is -2.17.